The van der Waals surface area contributed by atoms with Crippen LogP contribution in [0.4, 0.5) is 0 Å². The van der Waals surface area contributed by atoms with Crippen LogP contribution in [0.1, 0.15) is 81.1 Å². The molecule has 0 spiro atoms. The van der Waals surface area contributed by atoms with Gasteiger partial charge >= 0.3 is 0 Å². The Morgan fingerprint density at radius 1 is 0.529 bits per heavy atom. The van der Waals surface area contributed by atoms with Gasteiger partial charge in [-0.3, -0.25) is 0 Å². The minimum absolute atomic E-state index is 0.860. The van der Waals surface area contributed by atoms with Crippen molar-refractivity contribution in [3.8, 4) is 0 Å². The van der Waals surface area contributed by atoms with Gasteiger partial charge in [0.25, 0.3) is 0 Å². The molecule has 0 heterocycles. The lowest BCUT2D eigenvalue weighted by Crippen LogP contribution is -2.34. The van der Waals surface area contributed by atoms with Crippen molar-refractivity contribution >= 4 is 7.26 Å². The molecule has 0 bridgehead atoms. The number of rotatable bonds is 8. The van der Waals surface area contributed by atoms with Crippen LogP contribution in [0.15, 0.2) is 0 Å². The number of hydrogen-bond donors (Lipinski definition) is 0. The van der Waals surface area contributed by atoms with Crippen molar-refractivity contribution in [1.29, 1.82) is 0 Å². The van der Waals surface area contributed by atoms with Gasteiger partial charge in [-0.25, -0.2) is 0 Å². The summed E-state index contributed by atoms with van der Waals surface area (Å²) < 4.78 is 0. The van der Waals surface area contributed by atoms with Crippen molar-refractivity contribution < 1.29 is 0 Å². The van der Waals surface area contributed by atoms with E-state index >= 15 is 0 Å². The van der Waals surface area contributed by atoms with Crippen molar-refractivity contribution in [2.75, 3.05) is 0 Å². The Labute approximate surface area is 111 Å². The maximum atomic E-state index is 2.54. The summed E-state index contributed by atoms with van der Waals surface area (Å²) >= 11 is 0. The Hall–Kier alpha value is 0.430. The molecule has 0 fully saturated rings. The molecule has 17 heavy (non-hydrogen) atoms. The Balaban J connectivity index is 5.51. The average Bonchev–Trinajstić information content (AvgIpc) is 2.37. The van der Waals surface area contributed by atoms with Crippen LogP contribution in [-0.2, 0) is 0 Å². The van der Waals surface area contributed by atoms with E-state index in [-0.39, 0.29) is 0 Å². The molecular formula is C16H36P+. The molecule has 0 aliphatic rings. The molecule has 0 aliphatic heterocycles. The second-order valence-electron chi connectivity index (χ2n) is 5.92. The third-order valence-electron chi connectivity index (χ3n) is 5.42. The topological polar surface area (TPSA) is 0 Å². The van der Waals surface area contributed by atoms with E-state index in [1.165, 1.54) is 25.7 Å². The second kappa shape index (κ2) is 7.78. The molecule has 0 aromatic rings. The molecular weight excluding hydrogens is 223 g/mol. The lowest BCUT2D eigenvalue weighted by molar-refractivity contribution is 0.715. The van der Waals surface area contributed by atoms with Crippen LogP contribution in [-0.4, -0.2) is 22.6 Å². The molecule has 0 aromatic heterocycles. The summed E-state index contributed by atoms with van der Waals surface area (Å²) in [6, 6.07) is 0. The predicted octanol–water partition coefficient (Wildman–Crippen LogP) is 6.20. The first-order valence-electron chi connectivity index (χ1n) is 7.80. The van der Waals surface area contributed by atoms with Crippen LogP contribution in [0.5, 0.6) is 0 Å². The van der Waals surface area contributed by atoms with Gasteiger partial charge in [0.05, 0.1) is 22.6 Å². The van der Waals surface area contributed by atoms with Crippen molar-refractivity contribution in [2.24, 2.45) is 0 Å². The van der Waals surface area contributed by atoms with Crippen molar-refractivity contribution in [3.05, 3.63) is 0 Å². The fraction of sp³-hybridized carbons (Fsp3) is 1.00. The van der Waals surface area contributed by atoms with Crippen molar-refractivity contribution in [1.82, 2.24) is 0 Å². The monoisotopic (exact) mass is 259 g/mol. The maximum absolute atomic E-state index is 2.54. The third kappa shape index (κ3) is 3.25. The molecule has 104 valence electrons. The largest absolute Gasteiger partial charge is 0.0674 e. The summed E-state index contributed by atoms with van der Waals surface area (Å²) in [5.74, 6) is 0. The van der Waals surface area contributed by atoms with E-state index in [2.05, 4.69) is 55.4 Å². The van der Waals surface area contributed by atoms with Crippen LogP contribution in [0.3, 0.4) is 0 Å². The van der Waals surface area contributed by atoms with Gasteiger partial charge in [-0.2, -0.15) is 0 Å². The Kier molecular flexibility index (Phi) is 7.97. The highest BCUT2D eigenvalue weighted by Crippen LogP contribution is 2.76. The van der Waals surface area contributed by atoms with Crippen LogP contribution in [0, 0.1) is 0 Å². The van der Waals surface area contributed by atoms with E-state index in [1.54, 1.807) is 0 Å². The summed E-state index contributed by atoms with van der Waals surface area (Å²) in [6.45, 7) is 19.7. The van der Waals surface area contributed by atoms with E-state index < -0.39 is 7.26 Å². The van der Waals surface area contributed by atoms with Gasteiger partial charge in [-0.05, 0) is 53.4 Å². The van der Waals surface area contributed by atoms with Crippen LogP contribution >= 0.6 is 7.26 Å². The van der Waals surface area contributed by atoms with Gasteiger partial charge in [0.2, 0.25) is 0 Å². The van der Waals surface area contributed by atoms with Gasteiger partial charge in [0, 0.05) is 7.26 Å². The third-order valence-corrected chi connectivity index (χ3v) is 13.0. The summed E-state index contributed by atoms with van der Waals surface area (Å²) in [7, 11) is -0.860. The standard InChI is InChI=1S/C16H36P/c1-9-13(5)17(14(6)10-2,15(7)11-3)16(8)12-4/h13-16H,9-12H2,1-8H3/q+1. The average molecular weight is 259 g/mol. The lowest BCUT2D eigenvalue weighted by atomic mass is 10.3. The highest BCUT2D eigenvalue weighted by atomic mass is 31.2. The zero-order valence-corrected chi connectivity index (χ0v) is 14.5. The first kappa shape index (κ1) is 17.4. The molecule has 0 aromatic carbocycles. The molecule has 0 saturated carbocycles. The summed E-state index contributed by atoms with van der Waals surface area (Å²) in [5.41, 5.74) is 3.79. The van der Waals surface area contributed by atoms with Crippen molar-refractivity contribution in [2.45, 2.75) is 104 Å². The highest BCUT2D eigenvalue weighted by Gasteiger charge is 2.53. The van der Waals surface area contributed by atoms with Crippen LogP contribution in [0.2, 0.25) is 0 Å². The number of hydrogen-bond acceptors (Lipinski definition) is 0. The summed E-state index contributed by atoms with van der Waals surface area (Å²) in [5, 5.41) is 0. The maximum Gasteiger partial charge on any atom is 0.0674 e. The molecule has 0 radical (unpaired) electrons. The quantitative estimate of drug-likeness (QED) is 0.455. The second-order valence-corrected chi connectivity index (χ2v) is 11.2. The minimum atomic E-state index is -0.860. The molecule has 0 rings (SSSR count). The van der Waals surface area contributed by atoms with E-state index in [9.17, 15) is 0 Å². The van der Waals surface area contributed by atoms with Gasteiger partial charge in [0.15, 0.2) is 0 Å². The van der Waals surface area contributed by atoms with Gasteiger partial charge in [-0.1, -0.05) is 27.7 Å². The first-order valence-corrected chi connectivity index (χ1v) is 9.87. The zero-order valence-electron chi connectivity index (χ0n) is 13.6. The Bertz CT molecular complexity index is 154. The zero-order chi connectivity index (χ0) is 13.6. The van der Waals surface area contributed by atoms with Crippen LogP contribution < -0.4 is 0 Å². The van der Waals surface area contributed by atoms with Crippen molar-refractivity contribution in [3.63, 3.8) is 0 Å². The SMILES string of the molecule is CCC(C)[P+](C(C)CC)(C(C)CC)C(C)CC. The first-order chi connectivity index (χ1) is 7.93. The Morgan fingerprint density at radius 3 is 0.824 bits per heavy atom. The molecule has 4 unspecified atom stereocenters. The molecule has 1 heteroatoms. The highest BCUT2D eigenvalue weighted by molar-refractivity contribution is 7.78. The normalized spacial score (nSPS) is 22.6. The molecule has 0 aliphatic carbocycles. The minimum Gasteiger partial charge on any atom is -0.0617 e. The van der Waals surface area contributed by atoms with Crippen LogP contribution in [0.25, 0.3) is 0 Å². The fourth-order valence-corrected chi connectivity index (χ4v) is 11.6. The fourth-order valence-electron chi connectivity index (χ4n) is 3.87. The summed E-state index contributed by atoms with van der Waals surface area (Å²) in [6.07, 6.45) is 5.47. The molecule has 0 amide bonds. The van der Waals surface area contributed by atoms with Gasteiger partial charge in [0.1, 0.15) is 0 Å². The molecule has 4 atom stereocenters. The molecule has 0 N–H and O–H groups in total. The lowest BCUT2D eigenvalue weighted by Gasteiger charge is -2.45. The smallest absolute Gasteiger partial charge is 0.0617 e. The van der Waals surface area contributed by atoms with Gasteiger partial charge in [-0.15, -0.1) is 0 Å². The van der Waals surface area contributed by atoms with E-state index in [0.29, 0.717) is 0 Å². The van der Waals surface area contributed by atoms with E-state index in [1.807, 2.05) is 0 Å². The molecule has 0 nitrogen and oxygen atoms in total. The summed E-state index contributed by atoms with van der Waals surface area (Å²) in [4.78, 5) is 0. The van der Waals surface area contributed by atoms with Gasteiger partial charge < -0.3 is 0 Å². The Morgan fingerprint density at radius 2 is 0.706 bits per heavy atom. The molecule has 0 saturated heterocycles. The van der Waals surface area contributed by atoms with E-state index in [4.69, 9.17) is 0 Å². The predicted molar refractivity (Wildman–Crippen MR) is 85.9 cm³/mol. The van der Waals surface area contributed by atoms with E-state index in [0.717, 1.165) is 22.6 Å².